The highest BCUT2D eigenvalue weighted by Crippen LogP contribution is 2.14. The van der Waals surface area contributed by atoms with E-state index in [-0.39, 0.29) is 12.5 Å². The molecule has 0 aliphatic heterocycles. The molecule has 6 nitrogen and oxygen atoms in total. The first-order valence-electron chi connectivity index (χ1n) is 7.42. The fourth-order valence-electron chi connectivity index (χ4n) is 1.69. The summed E-state index contributed by atoms with van der Waals surface area (Å²) in [6.45, 7) is 5.56. The van der Waals surface area contributed by atoms with Gasteiger partial charge in [-0.3, -0.25) is 4.79 Å². The molecule has 0 aliphatic rings. The highest BCUT2D eigenvalue weighted by Gasteiger charge is 2.03. The number of rotatable bonds is 9. The zero-order valence-electron chi connectivity index (χ0n) is 13.1. The molecule has 0 saturated carbocycles. The molecule has 0 heterocycles. The Hall–Kier alpha value is -2.24. The summed E-state index contributed by atoms with van der Waals surface area (Å²) in [5.41, 5.74) is 0.946. The van der Waals surface area contributed by atoms with Crippen LogP contribution in [0.1, 0.15) is 32.3 Å². The first-order chi connectivity index (χ1) is 10.5. The van der Waals surface area contributed by atoms with Gasteiger partial charge in [0.15, 0.2) is 0 Å². The predicted octanol–water partition coefficient (Wildman–Crippen LogP) is 2.39. The number of hydrogen-bond acceptors (Lipinski definition) is 3. The van der Waals surface area contributed by atoms with Crippen molar-refractivity contribution in [2.75, 3.05) is 13.2 Å². The van der Waals surface area contributed by atoms with Crippen LogP contribution < -0.4 is 15.4 Å². The lowest BCUT2D eigenvalue weighted by Gasteiger charge is -2.11. The molecule has 122 valence electrons. The molecule has 0 saturated heterocycles. The van der Waals surface area contributed by atoms with Gasteiger partial charge in [0, 0.05) is 19.5 Å². The van der Waals surface area contributed by atoms with Crippen LogP contribution in [0.25, 0.3) is 0 Å². The number of ether oxygens (including phenoxy) is 1. The number of carboxylic acid groups (broad SMARTS) is 1. The molecule has 1 aromatic carbocycles. The van der Waals surface area contributed by atoms with Crippen molar-refractivity contribution in [3.8, 4) is 5.75 Å². The molecule has 22 heavy (non-hydrogen) atoms. The van der Waals surface area contributed by atoms with Crippen molar-refractivity contribution in [1.29, 1.82) is 0 Å². The zero-order chi connectivity index (χ0) is 16.4. The Morgan fingerprint density at radius 2 is 2.05 bits per heavy atom. The molecule has 3 N–H and O–H groups in total. The van der Waals surface area contributed by atoms with Gasteiger partial charge in [-0.05, 0) is 30.0 Å². The van der Waals surface area contributed by atoms with Crippen LogP contribution in [0.15, 0.2) is 24.3 Å². The number of amides is 2. The van der Waals surface area contributed by atoms with Crippen molar-refractivity contribution in [3.63, 3.8) is 0 Å². The molecule has 0 unspecified atom stereocenters. The van der Waals surface area contributed by atoms with Gasteiger partial charge in [-0.2, -0.15) is 0 Å². The molecule has 0 fully saturated rings. The van der Waals surface area contributed by atoms with Crippen LogP contribution in [-0.2, 0) is 11.3 Å². The summed E-state index contributed by atoms with van der Waals surface area (Å²) >= 11 is 0. The van der Waals surface area contributed by atoms with Crippen LogP contribution in [0.5, 0.6) is 5.75 Å². The second kappa shape index (κ2) is 9.65. The second-order valence-electron chi connectivity index (χ2n) is 5.46. The number of hydrogen-bond donors (Lipinski definition) is 3. The van der Waals surface area contributed by atoms with Gasteiger partial charge in [0.05, 0.1) is 6.61 Å². The van der Waals surface area contributed by atoms with Crippen LogP contribution >= 0.6 is 0 Å². The molecule has 0 radical (unpaired) electrons. The maximum absolute atomic E-state index is 11.6. The van der Waals surface area contributed by atoms with E-state index in [1.54, 1.807) is 0 Å². The molecular formula is C16H24N2O4. The molecule has 0 spiro atoms. The minimum atomic E-state index is -0.861. The maximum Gasteiger partial charge on any atom is 0.315 e. The van der Waals surface area contributed by atoms with Crippen LogP contribution in [-0.4, -0.2) is 30.3 Å². The molecule has 1 rings (SSSR count). The van der Waals surface area contributed by atoms with Crippen LogP contribution in [0, 0.1) is 5.92 Å². The third kappa shape index (κ3) is 8.14. The van der Waals surface area contributed by atoms with E-state index in [4.69, 9.17) is 9.84 Å². The quantitative estimate of drug-likeness (QED) is 0.611. The van der Waals surface area contributed by atoms with Crippen molar-refractivity contribution in [2.45, 2.75) is 33.2 Å². The van der Waals surface area contributed by atoms with Crippen LogP contribution in [0.4, 0.5) is 4.79 Å². The van der Waals surface area contributed by atoms with Gasteiger partial charge in [0.25, 0.3) is 0 Å². The van der Waals surface area contributed by atoms with Gasteiger partial charge in [0.2, 0.25) is 0 Å². The summed E-state index contributed by atoms with van der Waals surface area (Å²) in [5, 5.41) is 13.8. The Balaban J connectivity index is 2.30. The van der Waals surface area contributed by atoms with Gasteiger partial charge >= 0.3 is 12.0 Å². The molecule has 1 aromatic rings. The average Bonchev–Trinajstić information content (AvgIpc) is 2.48. The van der Waals surface area contributed by atoms with Gasteiger partial charge < -0.3 is 20.5 Å². The standard InChI is InChI=1S/C16H24N2O4/c1-12(2)11-22-14-6-3-5-13(9-14)10-18-16(21)17-8-4-7-15(19)20/h3,5-6,9,12H,4,7-8,10-11H2,1-2H3,(H,19,20)(H2,17,18,21). The number of benzene rings is 1. The number of aliphatic carboxylic acids is 1. The number of urea groups is 1. The summed E-state index contributed by atoms with van der Waals surface area (Å²) in [7, 11) is 0. The van der Waals surface area contributed by atoms with Gasteiger partial charge in [-0.25, -0.2) is 4.79 Å². The van der Waals surface area contributed by atoms with E-state index in [0.29, 0.717) is 32.0 Å². The fraction of sp³-hybridized carbons (Fsp3) is 0.500. The second-order valence-corrected chi connectivity index (χ2v) is 5.46. The summed E-state index contributed by atoms with van der Waals surface area (Å²) in [5.74, 6) is 0.383. The van der Waals surface area contributed by atoms with Crippen LogP contribution in [0.3, 0.4) is 0 Å². The summed E-state index contributed by atoms with van der Waals surface area (Å²) in [4.78, 5) is 21.9. The predicted molar refractivity (Wildman–Crippen MR) is 83.9 cm³/mol. The van der Waals surface area contributed by atoms with E-state index in [1.165, 1.54) is 0 Å². The third-order valence-electron chi connectivity index (χ3n) is 2.79. The highest BCUT2D eigenvalue weighted by atomic mass is 16.5. The molecular weight excluding hydrogens is 284 g/mol. The van der Waals surface area contributed by atoms with E-state index < -0.39 is 5.97 Å². The molecule has 0 atom stereocenters. The Kier molecular flexibility index (Phi) is 7.81. The molecule has 6 heteroatoms. The van der Waals surface area contributed by atoms with E-state index in [2.05, 4.69) is 24.5 Å². The first kappa shape index (κ1) is 17.8. The average molecular weight is 308 g/mol. The van der Waals surface area contributed by atoms with Gasteiger partial charge in [-0.15, -0.1) is 0 Å². The largest absolute Gasteiger partial charge is 0.493 e. The highest BCUT2D eigenvalue weighted by molar-refractivity contribution is 5.73. The van der Waals surface area contributed by atoms with Crippen molar-refractivity contribution in [2.24, 2.45) is 5.92 Å². The smallest absolute Gasteiger partial charge is 0.315 e. The summed E-state index contributed by atoms with van der Waals surface area (Å²) in [6, 6.07) is 7.27. The Labute approximate surface area is 130 Å². The SMILES string of the molecule is CC(C)COc1cccc(CNC(=O)NCCCC(=O)O)c1. The lowest BCUT2D eigenvalue weighted by atomic mass is 10.2. The summed E-state index contributed by atoms with van der Waals surface area (Å²) in [6.07, 6.45) is 0.469. The minimum Gasteiger partial charge on any atom is -0.493 e. The third-order valence-corrected chi connectivity index (χ3v) is 2.79. The Bertz CT molecular complexity index is 489. The van der Waals surface area contributed by atoms with Crippen molar-refractivity contribution in [1.82, 2.24) is 10.6 Å². The maximum atomic E-state index is 11.6. The molecule has 0 aliphatic carbocycles. The first-order valence-corrected chi connectivity index (χ1v) is 7.42. The van der Waals surface area contributed by atoms with Gasteiger partial charge in [-0.1, -0.05) is 26.0 Å². The molecule has 0 bridgehead atoms. The van der Waals surface area contributed by atoms with E-state index in [0.717, 1.165) is 11.3 Å². The zero-order valence-corrected chi connectivity index (χ0v) is 13.1. The monoisotopic (exact) mass is 308 g/mol. The van der Waals surface area contributed by atoms with E-state index >= 15 is 0 Å². The van der Waals surface area contributed by atoms with E-state index in [9.17, 15) is 9.59 Å². The number of carbonyl (C=O) groups is 2. The Morgan fingerprint density at radius 3 is 2.73 bits per heavy atom. The minimum absolute atomic E-state index is 0.0511. The normalized spacial score (nSPS) is 10.3. The van der Waals surface area contributed by atoms with Gasteiger partial charge in [0.1, 0.15) is 5.75 Å². The lowest BCUT2D eigenvalue weighted by Crippen LogP contribution is -2.35. The van der Waals surface area contributed by atoms with E-state index in [1.807, 2.05) is 24.3 Å². The van der Waals surface area contributed by atoms with Crippen LogP contribution in [0.2, 0.25) is 0 Å². The van der Waals surface area contributed by atoms with Crippen molar-refractivity contribution in [3.05, 3.63) is 29.8 Å². The fourth-order valence-corrected chi connectivity index (χ4v) is 1.69. The number of nitrogens with one attached hydrogen (secondary N) is 2. The molecule has 2 amide bonds. The van der Waals surface area contributed by atoms with Crippen molar-refractivity contribution < 1.29 is 19.4 Å². The number of carbonyl (C=O) groups excluding carboxylic acids is 1. The molecule has 0 aromatic heterocycles. The lowest BCUT2D eigenvalue weighted by molar-refractivity contribution is -0.137. The summed E-state index contributed by atoms with van der Waals surface area (Å²) < 4.78 is 5.63. The van der Waals surface area contributed by atoms with Crippen molar-refractivity contribution >= 4 is 12.0 Å². The number of carboxylic acids is 1. The Morgan fingerprint density at radius 1 is 1.27 bits per heavy atom. The topological polar surface area (TPSA) is 87.7 Å².